The van der Waals surface area contributed by atoms with Gasteiger partial charge >= 0.3 is 0 Å². The highest BCUT2D eigenvalue weighted by Crippen LogP contribution is 2.16. The van der Waals surface area contributed by atoms with Crippen LogP contribution in [0.15, 0.2) is 41.7 Å². The first-order valence-electron chi connectivity index (χ1n) is 7.36. The molecule has 0 fully saturated rings. The SMILES string of the molecule is CCc1ccc(CNC(=NC)NCCOc2cccnc2)s1. The minimum Gasteiger partial charge on any atom is -0.490 e. The van der Waals surface area contributed by atoms with Crippen molar-refractivity contribution in [3.8, 4) is 5.75 Å². The van der Waals surface area contributed by atoms with Crippen LogP contribution in [-0.2, 0) is 13.0 Å². The second kappa shape index (κ2) is 9.04. The van der Waals surface area contributed by atoms with Gasteiger partial charge in [-0.25, -0.2) is 0 Å². The van der Waals surface area contributed by atoms with Crippen LogP contribution in [-0.4, -0.2) is 31.1 Å². The van der Waals surface area contributed by atoms with Crippen LogP contribution < -0.4 is 15.4 Å². The third kappa shape index (κ3) is 5.37. The molecule has 0 aromatic carbocycles. The molecule has 2 heterocycles. The average molecular weight is 318 g/mol. The normalized spacial score (nSPS) is 11.3. The lowest BCUT2D eigenvalue weighted by atomic mass is 10.4. The van der Waals surface area contributed by atoms with E-state index in [9.17, 15) is 0 Å². The number of pyridine rings is 1. The third-order valence-corrected chi connectivity index (χ3v) is 4.25. The van der Waals surface area contributed by atoms with Crippen molar-refractivity contribution in [1.29, 1.82) is 0 Å². The largest absolute Gasteiger partial charge is 0.490 e. The van der Waals surface area contributed by atoms with Crippen molar-refractivity contribution in [1.82, 2.24) is 15.6 Å². The molecule has 0 bridgehead atoms. The molecule has 118 valence electrons. The zero-order valence-electron chi connectivity index (χ0n) is 13.0. The number of hydrogen-bond acceptors (Lipinski definition) is 4. The van der Waals surface area contributed by atoms with E-state index in [4.69, 9.17) is 4.74 Å². The molecule has 22 heavy (non-hydrogen) atoms. The Labute approximate surface area is 135 Å². The first-order chi connectivity index (χ1) is 10.8. The van der Waals surface area contributed by atoms with Gasteiger partial charge in [0.25, 0.3) is 0 Å². The predicted octanol–water partition coefficient (Wildman–Crippen LogP) is 2.45. The summed E-state index contributed by atoms with van der Waals surface area (Å²) in [6.45, 7) is 4.20. The van der Waals surface area contributed by atoms with Gasteiger partial charge < -0.3 is 15.4 Å². The lowest BCUT2D eigenvalue weighted by molar-refractivity contribution is 0.320. The summed E-state index contributed by atoms with van der Waals surface area (Å²) in [6, 6.07) is 8.09. The van der Waals surface area contributed by atoms with Crippen LogP contribution in [0.25, 0.3) is 0 Å². The minimum absolute atomic E-state index is 0.561. The molecule has 0 amide bonds. The highest BCUT2D eigenvalue weighted by Gasteiger charge is 2.01. The Hall–Kier alpha value is -2.08. The fourth-order valence-corrected chi connectivity index (χ4v) is 2.77. The van der Waals surface area contributed by atoms with E-state index in [0.717, 1.165) is 24.7 Å². The molecule has 0 aliphatic carbocycles. The summed E-state index contributed by atoms with van der Waals surface area (Å²) in [5.41, 5.74) is 0. The highest BCUT2D eigenvalue weighted by atomic mass is 32.1. The van der Waals surface area contributed by atoms with E-state index in [2.05, 4.69) is 39.7 Å². The topological polar surface area (TPSA) is 58.5 Å². The van der Waals surface area contributed by atoms with Gasteiger partial charge in [-0.15, -0.1) is 11.3 Å². The molecule has 2 rings (SSSR count). The summed E-state index contributed by atoms with van der Waals surface area (Å²) in [4.78, 5) is 10.9. The highest BCUT2D eigenvalue weighted by molar-refractivity contribution is 7.11. The zero-order valence-corrected chi connectivity index (χ0v) is 13.8. The smallest absolute Gasteiger partial charge is 0.191 e. The quantitative estimate of drug-likeness (QED) is 0.468. The monoisotopic (exact) mass is 318 g/mol. The van der Waals surface area contributed by atoms with Crippen molar-refractivity contribution >= 4 is 17.3 Å². The van der Waals surface area contributed by atoms with Crippen molar-refractivity contribution in [3.05, 3.63) is 46.4 Å². The average Bonchev–Trinajstić information content (AvgIpc) is 3.03. The summed E-state index contributed by atoms with van der Waals surface area (Å²) in [5.74, 6) is 1.55. The van der Waals surface area contributed by atoms with Crippen LogP contribution in [0.1, 0.15) is 16.7 Å². The van der Waals surface area contributed by atoms with E-state index in [1.807, 2.05) is 23.5 Å². The maximum atomic E-state index is 5.58. The van der Waals surface area contributed by atoms with E-state index in [1.165, 1.54) is 9.75 Å². The fourth-order valence-electron chi connectivity index (χ4n) is 1.87. The van der Waals surface area contributed by atoms with Crippen molar-refractivity contribution in [3.63, 3.8) is 0 Å². The summed E-state index contributed by atoms with van der Waals surface area (Å²) in [7, 11) is 1.77. The number of thiophene rings is 1. The number of hydrogen-bond donors (Lipinski definition) is 2. The Balaban J connectivity index is 1.67. The number of aliphatic imine (C=N–C) groups is 1. The molecule has 5 nitrogen and oxygen atoms in total. The molecule has 0 saturated heterocycles. The number of aromatic nitrogens is 1. The third-order valence-electron chi connectivity index (χ3n) is 3.02. The molecule has 0 aliphatic rings. The molecule has 0 saturated carbocycles. The number of rotatable bonds is 7. The molecule has 0 unspecified atom stereocenters. The van der Waals surface area contributed by atoms with Crippen molar-refractivity contribution in [2.75, 3.05) is 20.2 Å². The molecule has 2 aromatic heterocycles. The number of aryl methyl sites for hydroxylation is 1. The van der Waals surface area contributed by atoms with E-state index in [-0.39, 0.29) is 0 Å². The second-order valence-corrected chi connectivity index (χ2v) is 5.86. The molecule has 0 atom stereocenters. The van der Waals surface area contributed by atoms with Gasteiger partial charge in [0.05, 0.1) is 19.3 Å². The van der Waals surface area contributed by atoms with Gasteiger partial charge in [-0.1, -0.05) is 6.92 Å². The molecule has 6 heteroatoms. The lowest BCUT2D eigenvalue weighted by Crippen LogP contribution is -2.38. The Bertz CT molecular complexity index is 583. The van der Waals surface area contributed by atoms with Gasteiger partial charge in [0.1, 0.15) is 12.4 Å². The molecule has 0 aliphatic heterocycles. The van der Waals surface area contributed by atoms with Crippen LogP contribution in [0.5, 0.6) is 5.75 Å². The van der Waals surface area contributed by atoms with Crippen LogP contribution in [0, 0.1) is 0 Å². The Morgan fingerprint density at radius 1 is 1.27 bits per heavy atom. The molecule has 0 spiro atoms. The Morgan fingerprint density at radius 3 is 2.82 bits per heavy atom. The molecule has 2 aromatic rings. The summed E-state index contributed by atoms with van der Waals surface area (Å²) < 4.78 is 5.58. The first-order valence-corrected chi connectivity index (χ1v) is 8.18. The van der Waals surface area contributed by atoms with Gasteiger partial charge in [-0.05, 0) is 30.7 Å². The first kappa shape index (κ1) is 16.3. The van der Waals surface area contributed by atoms with Gasteiger partial charge in [0.15, 0.2) is 5.96 Å². The number of ether oxygens (including phenoxy) is 1. The van der Waals surface area contributed by atoms with Crippen LogP contribution in [0.4, 0.5) is 0 Å². The molecular formula is C16H22N4OS. The van der Waals surface area contributed by atoms with Gasteiger partial charge in [-0.3, -0.25) is 9.98 Å². The van der Waals surface area contributed by atoms with Gasteiger partial charge in [0.2, 0.25) is 0 Å². The fraction of sp³-hybridized carbons (Fsp3) is 0.375. The van der Waals surface area contributed by atoms with E-state index in [1.54, 1.807) is 19.4 Å². The van der Waals surface area contributed by atoms with Crippen molar-refractivity contribution in [2.24, 2.45) is 4.99 Å². The Kier molecular flexibility index (Phi) is 6.70. The van der Waals surface area contributed by atoms with E-state index in [0.29, 0.717) is 13.2 Å². The lowest BCUT2D eigenvalue weighted by Gasteiger charge is -2.11. The maximum absolute atomic E-state index is 5.58. The number of nitrogens with one attached hydrogen (secondary N) is 2. The molecule has 0 radical (unpaired) electrons. The summed E-state index contributed by atoms with van der Waals surface area (Å²) >= 11 is 1.83. The number of nitrogens with zero attached hydrogens (tertiary/aromatic N) is 2. The molecular weight excluding hydrogens is 296 g/mol. The standard InChI is InChI=1S/C16H22N4OS/c1-3-14-6-7-15(22-14)12-20-16(17-2)19-9-10-21-13-5-4-8-18-11-13/h4-8,11H,3,9-10,12H2,1-2H3,(H2,17,19,20). The Morgan fingerprint density at radius 2 is 2.14 bits per heavy atom. The summed E-state index contributed by atoms with van der Waals surface area (Å²) in [6.07, 6.45) is 4.52. The van der Waals surface area contributed by atoms with E-state index >= 15 is 0 Å². The van der Waals surface area contributed by atoms with Gasteiger partial charge in [0, 0.05) is 23.0 Å². The minimum atomic E-state index is 0.561. The molecule has 2 N–H and O–H groups in total. The van der Waals surface area contributed by atoms with Crippen LogP contribution in [0.3, 0.4) is 0 Å². The second-order valence-electron chi connectivity index (χ2n) is 4.61. The van der Waals surface area contributed by atoms with Gasteiger partial charge in [-0.2, -0.15) is 0 Å². The maximum Gasteiger partial charge on any atom is 0.191 e. The van der Waals surface area contributed by atoms with Crippen molar-refractivity contribution in [2.45, 2.75) is 19.9 Å². The van der Waals surface area contributed by atoms with E-state index < -0.39 is 0 Å². The number of guanidine groups is 1. The van der Waals surface area contributed by atoms with Crippen LogP contribution in [0.2, 0.25) is 0 Å². The summed E-state index contributed by atoms with van der Waals surface area (Å²) in [5, 5.41) is 6.53. The van der Waals surface area contributed by atoms with Crippen molar-refractivity contribution < 1.29 is 4.74 Å². The van der Waals surface area contributed by atoms with Crippen LogP contribution >= 0.6 is 11.3 Å². The zero-order chi connectivity index (χ0) is 15.6. The predicted molar refractivity (Wildman–Crippen MR) is 91.6 cm³/mol.